The van der Waals surface area contributed by atoms with Gasteiger partial charge in [0.1, 0.15) is 0 Å². The summed E-state index contributed by atoms with van der Waals surface area (Å²) < 4.78 is 0. The summed E-state index contributed by atoms with van der Waals surface area (Å²) in [6, 6.07) is 0. The lowest BCUT2D eigenvalue weighted by Crippen LogP contribution is -2.29. The first-order valence-corrected chi connectivity index (χ1v) is 17.8. The summed E-state index contributed by atoms with van der Waals surface area (Å²) in [4.78, 5) is 0. The molecule has 0 amide bonds. The third-order valence-electron chi connectivity index (χ3n) is 8.18. The molecule has 4 fully saturated rings. The number of hydrogen-bond acceptors (Lipinski definition) is 0. The monoisotopic (exact) mass is 482 g/mol. The van der Waals surface area contributed by atoms with Crippen LogP contribution in [0.25, 0.3) is 0 Å². The van der Waals surface area contributed by atoms with Crippen LogP contribution in [0.5, 0.6) is 0 Å². The first kappa shape index (κ1) is 26.6. The molecule has 0 aromatic heterocycles. The first-order valence-electron chi connectivity index (χ1n) is 13.5. The van der Waals surface area contributed by atoms with Crippen molar-refractivity contribution in [3.05, 3.63) is 12.2 Å². The number of fused-ring (bicyclic) bond motifs is 4. The summed E-state index contributed by atoms with van der Waals surface area (Å²) in [5.74, 6) is 0. The Bertz CT molecular complexity index is 514. The van der Waals surface area contributed by atoms with Crippen molar-refractivity contribution in [2.24, 2.45) is 0 Å². The Morgan fingerprint density at radius 3 is 1.48 bits per heavy atom. The lowest BCUT2D eigenvalue weighted by Gasteiger charge is -2.45. The second kappa shape index (κ2) is 11.6. The van der Waals surface area contributed by atoms with Crippen LogP contribution in [0.1, 0.15) is 119 Å². The topological polar surface area (TPSA) is 0 Å². The highest BCUT2D eigenvalue weighted by Crippen LogP contribution is 2.63. The van der Waals surface area contributed by atoms with Gasteiger partial charge in [-0.05, 0) is 96.6 Å². The molecule has 0 saturated carbocycles. The van der Waals surface area contributed by atoms with Gasteiger partial charge in [0.15, 0.2) is 0 Å². The van der Waals surface area contributed by atoms with Crippen molar-refractivity contribution >= 4 is 24.4 Å². The van der Waals surface area contributed by atoms with E-state index in [2.05, 4.69) is 48.1 Å². The van der Waals surface area contributed by atoms with Crippen LogP contribution in [0.3, 0.4) is 0 Å². The second-order valence-electron chi connectivity index (χ2n) is 12.9. The van der Waals surface area contributed by atoms with E-state index in [1.54, 1.807) is 44.1 Å². The molecule has 4 bridgehead atoms. The van der Waals surface area contributed by atoms with Crippen molar-refractivity contribution in [1.29, 1.82) is 0 Å². The van der Waals surface area contributed by atoms with Crippen LogP contribution in [0.15, 0.2) is 12.2 Å². The molecular weight excluding hydrogens is 429 g/mol. The highest BCUT2D eigenvalue weighted by molar-refractivity contribution is 7.61. The molecular formula is C28H53P3. The molecule has 3 heteroatoms. The number of hydrogen-bond donors (Lipinski definition) is 0. The number of rotatable bonds is 4. The lowest BCUT2D eigenvalue weighted by molar-refractivity contribution is 0.476. The van der Waals surface area contributed by atoms with E-state index >= 15 is 0 Å². The van der Waals surface area contributed by atoms with Gasteiger partial charge in [0.05, 0.1) is 0 Å². The van der Waals surface area contributed by atoms with Gasteiger partial charge in [0.2, 0.25) is 0 Å². The van der Waals surface area contributed by atoms with E-state index < -0.39 is 0 Å². The smallest absolute Gasteiger partial charge is 0.0104 e. The van der Waals surface area contributed by atoms with Gasteiger partial charge in [-0.3, -0.25) is 0 Å². The summed E-state index contributed by atoms with van der Waals surface area (Å²) in [6.07, 6.45) is 21.2. The summed E-state index contributed by atoms with van der Waals surface area (Å²) in [5.41, 5.74) is 6.14. The number of allylic oxidation sites excluding steroid dienone is 1. The fourth-order valence-corrected chi connectivity index (χ4v) is 16.5. The van der Waals surface area contributed by atoms with Crippen molar-refractivity contribution < 1.29 is 0 Å². The molecule has 0 aromatic rings. The van der Waals surface area contributed by atoms with Crippen LogP contribution in [-0.2, 0) is 0 Å². The Kier molecular flexibility index (Phi) is 10.0. The molecule has 4 aliphatic heterocycles. The fraction of sp³-hybridized carbons (Fsp3) is 0.929. The largest absolute Gasteiger partial charge is 0.116 e. The molecule has 4 saturated heterocycles. The molecule has 0 nitrogen and oxygen atoms in total. The van der Waals surface area contributed by atoms with Gasteiger partial charge in [0, 0.05) is 0 Å². The zero-order chi connectivity index (χ0) is 22.6. The average molecular weight is 483 g/mol. The zero-order valence-electron chi connectivity index (χ0n) is 21.8. The van der Waals surface area contributed by atoms with Crippen molar-refractivity contribution in [3.63, 3.8) is 0 Å². The van der Waals surface area contributed by atoms with Gasteiger partial charge in [-0.2, -0.15) is 0 Å². The fourth-order valence-electron chi connectivity index (χ4n) is 6.88. The molecule has 180 valence electrons. The molecule has 0 aliphatic carbocycles. The minimum Gasteiger partial charge on any atom is -0.116 e. The predicted octanol–water partition coefficient (Wildman–Crippen LogP) is 9.98. The van der Waals surface area contributed by atoms with Gasteiger partial charge in [-0.1, -0.05) is 95.2 Å². The van der Waals surface area contributed by atoms with E-state index in [0.29, 0.717) is 10.3 Å². The van der Waals surface area contributed by atoms with E-state index in [1.165, 1.54) is 70.7 Å². The van der Waals surface area contributed by atoms with E-state index in [0.717, 1.165) is 11.3 Å². The summed E-state index contributed by atoms with van der Waals surface area (Å²) in [7, 11) is 1.60. The summed E-state index contributed by atoms with van der Waals surface area (Å²) >= 11 is 0. The molecule has 0 spiro atoms. The Morgan fingerprint density at radius 2 is 1.13 bits per heavy atom. The van der Waals surface area contributed by atoms with Gasteiger partial charge in [0.25, 0.3) is 0 Å². The van der Waals surface area contributed by atoms with Gasteiger partial charge in [-0.15, -0.1) is 8.58 Å². The van der Waals surface area contributed by atoms with Gasteiger partial charge >= 0.3 is 0 Å². The Labute approximate surface area is 200 Å². The summed E-state index contributed by atoms with van der Waals surface area (Å²) in [5, 5.41) is 0.873. The van der Waals surface area contributed by atoms with E-state index in [9.17, 15) is 0 Å². The van der Waals surface area contributed by atoms with Crippen LogP contribution in [0.4, 0.5) is 0 Å². The molecule has 0 radical (unpaired) electrons. The van der Waals surface area contributed by atoms with E-state index in [4.69, 9.17) is 0 Å². The van der Waals surface area contributed by atoms with Crippen LogP contribution in [0, 0.1) is 0 Å². The minimum absolute atomic E-state index is 0.0130. The van der Waals surface area contributed by atoms with Crippen LogP contribution < -0.4 is 0 Å². The van der Waals surface area contributed by atoms with Crippen molar-refractivity contribution in [3.8, 4) is 0 Å². The maximum absolute atomic E-state index is 4.58. The summed E-state index contributed by atoms with van der Waals surface area (Å²) in [6.45, 7) is 19.2. The SMILES string of the molecule is C1CC2CCCC(C1)P2.C=C(CP1C2CCCC1CCC2)CP(C(C)(C)C)C(C)(C)C. The van der Waals surface area contributed by atoms with Gasteiger partial charge in [-0.25, -0.2) is 0 Å². The van der Waals surface area contributed by atoms with E-state index in [-0.39, 0.29) is 15.8 Å². The Hall–Kier alpha value is 1.03. The Balaban J connectivity index is 0.000000248. The molecule has 4 aliphatic rings. The van der Waals surface area contributed by atoms with Crippen LogP contribution >= 0.6 is 24.4 Å². The van der Waals surface area contributed by atoms with E-state index in [1.807, 2.05) is 0 Å². The molecule has 4 rings (SSSR count). The van der Waals surface area contributed by atoms with Crippen molar-refractivity contribution in [1.82, 2.24) is 0 Å². The van der Waals surface area contributed by atoms with Gasteiger partial charge < -0.3 is 0 Å². The predicted molar refractivity (Wildman–Crippen MR) is 151 cm³/mol. The normalized spacial score (nSPS) is 34.2. The lowest BCUT2D eigenvalue weighted by atomic mass is 9.99. The minimum atomic E-state index is -0.0130. The molecule has 0 aromatic carbocycles. The quantitative estimate of drug-likeness (QED) is 0.276. The average Bonchev–Trinajstić information content (AvgIpc) is 2.65. The van der Waals surface area contributed by atoms with Crippen molar-refractivity contribution in [2.45, 2.75) is 152 Å². The van der Waals surface area contributed by atoms with Crippen molar-refractivity contribution in [2.75, 3.05) is 12.3 Å². The molecule has 0 unspecified atom stereocenters. The standard InChI is InChI=1S/C20H38P2.C8H15P/c1-16(15-22(19(2,3)4)20(5,6)7)14-21-17-10-8-11-18(21)13-9-12-17;1-3-7-5-2-6-8(4-1)9-7/h17-18H,1,8-15H2,2-7H3;7-9H,1-6H2. The van der Waals surface area contributed by atoms with Crippen LogP contribution in [0.2, 0.25) is 0 Å². The second-order valence-corrected chi connectivity index (χ2v) is 21.6. The third-order valence-corrected chi connectivity index (χ3v) is 18.0. The molecule has 31 heavy (non-hydrogen) atoms. The highest BCUT2D eigenvalue weighted by atomic mass is 31.1. The first-order chi connectivity index (χ1) is 14.5. The third kappa shape index (κ3) is 8.04. The van der Waals surface area contributed by atoms with Crippen LogP contribution in [-0.4, -0.2) is 45.3 Å². The maximum atomic E-state index is 4.58. The maximum Gasteiger partial charge on any atom is -0.0104 e. The molecule has 0 atom stereocenters. The molecule has 4 heterocycles. The highest BCUT2D eigenvalue weighted by Gasteiger charge is 2.38. The Morgan fingerprint density at radius 1 is 0.742 bits per heavy atom. The molecule has 0 N–H and O–H groups in total. The zero-order valence-corrected chi connectivity index (χ0v) is 24.6.